The number of anilines is 1. The Balaban J connectivity index is 2.65. The van der Waals surface area contributed by atoms with Crippen molar-refractivity contribution in [1.29, 1.82) is 0 Å². The average molecular weight is 282 g/mol. The average Bonchev–Trinajstić information content (AvgIpc) is 2.44. The van der Waals surface area contributed by atoms with Crippen LogP contribution >= 0.6 is 11.8 Å². The van der Waals surface area contributed by atoms with Gasteiger partial charge in [0.2, 0.25) is 0 Å². The minimum Gasteiger partial charge on any atom is -0.369 e. The number of nitrogens with one attached hydrogen (secondary N) is 2. The van der Waals surface area contributed by atoms with E-state index >= 15 is 0 Å². The summed E-state index contributed by atoms with van der Waals surface area (Å²) in [5.41, 5.74) is 0.362. The van der Waals surface area contributed by atoms with E-state index in [0.717, 1.165) is 25.1 Å². The lowest BCUT2D eigenvalue weighted by atomic mass is 10.2. The first kappa shape index (κ1) is 15.8. The van der Waals surface area contributed by atoms with Crippen LogP contribution in [0.25, 0.3) is 0 Å². The van der Waals surface area contributed by atoms with Crippen molar-refractivity contribution in [2.75, 3.05) is 23.9 Å². The van der Waals surface area contributed by atoms with E-state index in [1.54, 1.807) is 18.0 Å². The molecule has 0 aromatic carbocycles. The van der Waals surface area contributed by atoms with Crippen LogP contribution in [-0.2, 0) is 0 Å². The first-order chi connectivity index (χ1) is 9.21. The second-order valence-corrected chi connectivity index (χ2v) is 5.16. The van der Waals surface area contributed by atoms with Gasteiger partial charge in [0, 0.05) is 18.3 Å². The largest absolute Gasteiger partial charge is 0.369 e. The second-order valence-electron chi connectivity index (χ2n) is 4.25. The Bertz CT molecular complexity index is 400. The van der Waals surface area contributed by atoms with Crippen molar-refractivity contribution >= 4 is 23.5 Å². The Morgan fingerprint density at radius 1 is 1.42 bits per heavy atom. The van der Waals surface area contributed by atoms with Gasteiger partial charge >= 0.3 is 0 Å². The highest BCUT2D eigenvalue weighted by Crippen LogP contribution is 2.05. The molecule has 0 aliphatic carbocycles. The van der Waals surface area contributed by atoms with Crippen molar-refractivity contribution in [2.45, 2.75) is 32.7 Å². The topological polar surface area (TPSA) is 66.9 Å². The highest BCUT2D eigenvalue weighted by atomic mass is 32.2. The maximum atomic E-state index is 12.1. The standard InChI is InChI=1S/C13H22N4OS/c1-4-6-15-12-8-14-7-11(17-12)13(18)16-10(5-2)9-19-3/h7-8,10H,4-6,9H2,1-3H3,(H,15,17)(H,16,18). The molecular formula is C13H22N4OS. The molecule has 0 fully saturated rings. The lowest BCUT2D eigenvalue weighted by molar-refractivity contribution is 0.0934. The summed E-state index contributed by atoms with van der Waals surface area (Å²) >= 11 is 1.72. The fraction of sp³-hybridized carbons (Fsp3) is 0.615. The molecule has 1 aromatic rings. The Morgan fingerprint density at radius 3 is 2.84 bits per heavy atom. The van der Waals surface area contributed by atoms with Crippen LogP contribution in [0, 0.1) is 0 Å². The second kappa shape index (κ2) is 8.74. The summed E-state index contributed by atoms with van der Waals surface area (Å²) < 4.78 is 0. The van der Waals surface area contributed by atoms with E-state index < -0.39 is 0 Å². The van der Waals surface area contributed by atoms with Crippen molar-refractivity contribution in [3.63, 3.8) is 0 Å². The van der Waals surface area contributed by atoms with Gasteiger partial charge in [0.1, 0.15) is 11.5 Å². The van der Waals surface area contributed by atoms with E-state index in [2.05, 4.69) is 34.4 Å². The highest BCUT2D eigenvalue weighted by molar-refractivity contribution is 7.98. The van der Waals surface area contributed by atoms with E-state index in [1.165, 1.54) is 6.20 Å². The Labute approximate surface area is 119 Å². The minimum absolute atomic E-state index is 0.159. The van der Waals surface area contributed by atoms with E-state index in [4.69, 9.17) is 0 Å². The zero-order chi connectivity index (χ0) is 14.1. The van der Waals surface area contributed by atoms with Gasteiger partial charge in [-0.15, -0.1) is 0 Å². The van der Waals surface area contributed by atoms with Gasteiger partial charge in [0.25, 0.3) is 5.91 Å². The predicted molar refractivity (Wildman–Crippen MR) is 80.7 cm³/mol. The maximum absolute atomic E-state index is 12.1. The van der Waals surface area contributed by atoms with Gasteiger partial charge in [-0.2, -0.15) is 11.8 Å². The number of rotatable bonds is 8. The van der Waals surface area contributed by atoms with E-state index in [-0.39, 0.29) is 11.9 Å². The number of thioether (sulfide) groups is 1. The van der Waals surface area contributed by atoms with Crippen LogP contribution in [0.4, 0.5) is 5.82 Å². The Hall–Kier alpha value is -1.30. The lowest BCUT2D eigenvalue weighted by Crippen LogP contribution is -2.36. The molecule has 0 radical (unpaired) electrons. The summed E-state index contributed by atoms with van der Waals surface area (Å²) in [6.07, 6.45) is 7.07. The molecular weight excluding hydrogens is 260 g/mol. The molecule has 0 spiro atoms. The normalized spacial score (nSPS) is 11.9. The molecule has 1 aromatic heterocycles. The zero-order valence-electron chi connectivity index (χ0n) is 11.8. The number of carbonyl (C=O) groups is 1. The van der Waals surface area contributed by atoms with Crippen LogP contribution in [0.3, 0.4) is 0 Å². The van der Waals surface area contributed by atoms with Gasteiger partial charge in [-0.1, -0.05) is 13.8 Å². The molecule has 2 N–H and O–H groups in total. The molecule has 19 heavy (non-hydrogen) atoms. The molecule has 1 rings (SSSR count). The van der Waals surface area contributed by atoms with Gasteiger partial charge in [-0.25, -0.2) is 4.98 Å². The quantitative estimate of drug-likeness (QED) is 0.765. The molecule has 1 unspecified atom stereocenters. The summed E-state index contributed by atoms with van der Waals surface area (Å²) in [6.45, 7) is 4.96. The number of amides is 1. The van der Waals surface area contributed by atoms with Crippen LogP contribution in [0.1, 0.15) is 37.2 Å². The highest BCUT2D eigenvalue weighted by Gasteiger charge is 2.13. The SMILES string of the molecule is CCCNc1cncc(C(=O)NC(CC)CSC)n1. The zero-order valence-corrected chi connectivity index (χ0v) is 12.6. The molecule has 1 heterocycles. The lowest BCUT2D eigenvalue weighted by Gasteiger charge is -2.15. The molecule has 5 nitrogen and oxygen atoms in total. The van der Waals surface area contributed by atoms with Gasteiger partial charge < -0.3 is 10.6 Å². The van der Waals surface area contributed by atoms with Crippen LogP contribution in [-0.4, -0.2) is 40.5 Å². The number of hydrogen-bond acceptors (Lipinski definition) is 5. The maximum Gasteiger partial charge on any atom is 0.271 e. The summed E-state index contributed by atoms with van der Waals surface area (Å²) in [6, 6.07) is 0.177. The fourth-order valence-electron chi connectivity index (χ4n) is 1.54. The van der Waals surface area contributed by atoms with Gasteiger partial charge in [-0.3, -0.25) is 9.78 Å². The van der Waals surface area contributed by atoms with Crippen LogP contribution in [0.2, 0.25) is 0 Å². The van der Waals surface area contributed by atoms with Gasteiger partial charge in [-0.05, 0) is 19.1 Å². The van der Waals surface area contributed by atoms with E-state index in [0.29, 0.717) is 11.5 Å². The summed E-state index contributed by atoms with van der Waals surface area (Å²) in [5.74, 6) is 1.39. The molecule has 0 saturated carbocycles. The Kier molecular flexibility index (Phi) is 7.25. The van der Waals surface area contributed by atoms with Crippen molar-refractivity contribution < 1.29 is 4.79 Å². The monoisotopic (exact) mass is 282 g/mol. The third-order valence-electron chi connectivity index (χ3n) is 2.62. The van der Waals surface area contributed by atoms with Crippen LogP contribution in [0.5, 0.6) is 0 Å². The van der Waals surface area contributed by atoms with Gasteiger partial charge in [0.15, 0.2) is 0 Å². The molecule has 1 amide bonds. The minimum atomic E-state index is -0.159. The summed E-state index contributed by atoms with van der Waals surface area (Å²) in [7, 11) is 0. The molecule has 0 bridgehead atoms. The molecule has 0 saturated heterocycles. The Morgan fingerprint density at radius 2 is 2.21 bits per heavy atom. The smallest absolute Gasteiger partial charge is 0.271 e. The fourth-order valence-corrected chi connectivity index (χ4v) is 2.26. The number of aromatic nitrogens is 2. The molecule has 106 valence electrons. The first-order valence-corrected chi connectivity index (χ1v) is 7.96. The molecule has 1 atom stereocenters. The molecule has 0 aliphatic heterocycles. The number of hydrogen-bond donors (Lipinski definition) is 2. The van der Waals surface area contributed by atoms with E-state index in [1.807, 2.05) is 6.26 Å². The van der Waals surface area contributed by atoms with Crippen molar-refractivity contribution in [1.82, 2.24) is 15.3 Å². The third-order valence-corrected chi connectivity index (χ3v) is 3.35. The summed E-state index contributed by atoms with van der Waals surface area (Å²) in [4.78, 5) is 20.4. The van der Waals surface area contributed by atoms with Crippen molar-refractivity contribution in [3.8, 4) is 0 Å². The van der Waals surface area contributed by atoms with Crippen molar-refractivity contribution in [2.24, 2.45) is 0 Å². The number of carbonyl (C=O) groups excluding carboxylic acids is 1. The van der Waals surface area contributed by atoms with Gasteiger partial charge in [0.05, 0.1) is 12.4 Å². The summed E-state index contributed by atoms with van der Waals surface area (Å²) in [5, 5.41) is 6.10. The predicted octanol–water partition coefficient (Wildman–Crippen LogP) is 2.17. The number of nitrogens with zero attached hydrogens (tertiary/aromatic N) is 2. The molecule has 6 heteroatoms. The van der Waals surface area contributed by atoms with Crippen molar-refractivity contribution in [3.05, 3.63) is 18.1 Å². The van der Waals surface area contributed by atoms with E-state index in [9.17, 15) is 4.79 Å². The molecule has 0 aliphatic rings. The third kappa shape index (κ3) is 5.46. The van der Waals surface area contributed by atoms with Crippen LogP contribution in [0.15, 0.2) is 12.4 Å². The van der Waals surface area contributed by atoms with Crippen LogP contribution < -0.4 is 10.6 Å². The first-order valence-electron chi connectivity index (χ1n) is 6.56.